The Labute approximate surface area is 107 Å². The topological polar surface area (TPSA) is 42.2 Å². The van der Waals surface area contributed by atoms with E-state index < -0.39 is 0 Å². The zero-order valence-corrected chi connectivity index (χ0v) is 10.6. The number of aldehydes is 1. The third kappa shape index (κ3) is 3.08. The maximum Gasteiger partial charge on any atom is 0.185 e. The summed E-state index contributed by atoms with van der Waals surface area (Å²) in [5, 5.41) is 3.36. The summed E-state index contributed by atoms with van der Waals surface area (Å²) in [6.07, 6.45) is 0.713. The Morgan fingerprint density at radius 2 is 1.89 bits per heavy atom. The van der Waals surface area contributed by atoms with Gasteiger partial charge in [0.2, 0.25) is 0 Å². The van der Waals surface area contributed by atoms with Crippen molar-refractivity contribution < 1.29 is 9.21 Å². The minimum absolute atomic E-state index is 0.357. The molecule has 0 aliphatic carbocycles. The Morgan fingerprint density at radius 3 is 2.44 bits per heavy atom. The van der Waals surface area contributed by atoms with Crippen LogP contribution in [0.1, 0.15) is 30.0 Å². The van der Waals surface area contributed by atoms with Crippen LogP contribution < -0.4 is 5.32 Å². The van der Waals surface area contributed by atoms with Crippen molar-refractivity contribution in [3.8, 4) is 11.3 Å². The highest BCUT2D eigenvalue weighted by Crippen LogP contribution is 2.21. The monoisotopic (exact) mass is 243 g/mol. The highest BCUT2D eigenvalue weighted by atomic mass is 16.3. The molecule has 0 aliphatic rings. The van der Waals surface area contributed by atoms with Gasteiger partial charge in [-0.3, -0.25) is 4.79 Å². The van der Waals surface area contributed by atoms with Gasteiger partial charge in [0.1, 0.15) is 5.76 Å². The molecular weight excluding hydrogens is 226 g/mol. The maximum absolute atomic E-state index is 10.6. The average Bonchev–Trinajstić information content (AvgIpc) is 2.85. The van der Waals surface area contributed by atoms with E-state index in [0.717, 1.165) is 17.9 Å². The number of benzene rings is 1. The summed E-state index contributed by atoms with van der Waals surface area (Å²) < 4.78 is 5.37. The SMILES string of the molecule is CC(C)NCc1ccc(-c2ccc(C=O)o2)cc1. The molecule has 0 atom stereocenters. The van der Waals surface area contributed by atoms with Gasteiger partial charge in [0, 0.05) is 18.2 Å². The van der Waals surface area contributed by atoms with E-state index in [0.29, 0.717) is 18.1 Å². The van der Waals surface area contributed by atoms with Crippen molar-refractivity contribution in [3.05, 3.63) is 47.7 Å². The largest absolute Gasteiger partial charge is 0.453 e. The average molecular weight is 243 g/mol. The number of hydrogen-bond acceptors (Lipinski definition) is 3. The van der Waals surface area contributed by atoms with E-state index in [1.54, 1.807) is 6.07 Å². The molecule has 1 heterocycles. The fourth-order valence-electron chi connectivity index (χ4n) is 1.68. The number of nitrogens with one attached hydrogen (secondary N) is 1. The quantitative estimate of drug-likeness (QED) is 0.820. The van der Waals surface area contributed by atoms with Crippen LogP contribution in [-0.4, -0.2) is 12.3 Å². The Balaban J connectivity index is 2.09. The molecule has 1 aromatic carbocycles. The molecule has 1 aromatic heterocycles. The first-order chi connectivity index (χ1) is 8.69. The van der Waals surface area contributed by atoms with Gasteiger partial charge in [0.25, 0.3) is 0 Å². The number of carbonyl (C=O) groups is 1. The summed E-state index contributed by atoms with van der Waals surface area (Å²) in [6, 6.07) is 12.1. The second kappa shape index (κ2) is 5.65. The Hall–Kier alpha value is -1.87. The van der Waals surface area contributed by atoms with Crippen molar-refractivity contribution in [3.63, 3.8) is 0 Å². The van der Waals surface area contributed by atoms with Gasteiger partial charge in [-0.05, 0) is 17.7 Å². The first kappa shape index (κ1) is 12.6. The third-order valence-electron chi connectivity index (χ3n) is 2.70. The molecule has 0 unspecified atom stereocenters. The molecule has 0 bridgehead atoms. The molecular formula is C15H17NO2. The zero-order valence-electron chi connectivity index (χ0n) is 10.6. The van der Waals surface area contributed by atoms with Crippen LogP contribution >= 0.6 is 0 Å². The highest BCUT2D eigenvalue weighted by Gasteiger charge is 2.04. The van der Waals surface area contributed by atoms with Gasteiger partial charge in [0.05, 0.1) is 0 Å². The molecule has 0 fully saturated rings. The zero-order chi connectivity index (χ0) is 13.0. The molecule has 0 spiro atoms. The summed E-state index contributed by atoms with van der Waals surface area (Å²) in [5.74, 6) is 1.08. The minimum atomic E-state index is 0.357. The summed E-state index contributed by atoms with van der Waals surface area (Å²) in [7, 11) is 0. The minimum Gasteiger partial charge on any atom is -0.453 e. The Bertz CT molecular complexity index is 512. The maximum atomic E-state index is 10.6. The van der Waals surface area contributed by atoms with Crippen LogP contribution in [0, 0.1) is 0 Å². The summed E-state index contributed by atoms with van der Waals surface area (Å²) in [5.41, 5.74) is 2.21. The first-order valence-corrected chi connectivity index (χ1v) is 6.07. The van der Waals surface area contributed by atoms with E-state index in [1.807, 2.05) is 18.2 Å². The van der Waals surface area contributed by atoms with Crippen LogP contribution in [0.4, 0.5) is 0 Å². The van der Waals surface area contributed by atoms with Crippen LogP contribution in [-0.2, 0) is 6.54 Å². The van der Waals surface area contributed by atoms with E-state index in [4.69, 9.17) is 4.42 Å². The number of carbonyl (C=O) groups excluding carboxylic acids is 1. The Kier molecular flexibility index (Phi) is 3.95. The van der Waals surface area contributed by atoms with E-state index in [1.165, 1.54) is 5.56 Å². The molecule has 0 saturated heterocycles. The van der Waals surface area contributed by atoms with Crippen LogP contribution in [0.25, 0.3) is 11.3 Å². The molecule has 0 radical (unpaired) electrons. The second-order valence-corrected chi connectivity index (χ2v) is 4.55. The molecule has 0 saturated carbocycles. The van der Waals surface area contributed by atoms with Crippen molar-refractivity contribution >= 4 is 6.29 Å². The molecule has 1 N–H and O–H groups in total. The molecule has 2 rings (SSSR count). The van der Waals surface area contributed by atoms with Crippen molar-refractivity contribution in [1.82, 2.24) is 5.32 Å². The molecule has 0 amide bonds. The molecule has 94 valence electrons. The lowest BCUT2D eigenvalue weighted by atomic mass is 10.1. The van der Waals surface area contributed by atoms with Crippen LogP contribution in [0.5, 0.6) is 0 Å². The summed E-state index contributed by atoms with van der Waals surface area (Å²) in [6.45, 7) is 5.10. The fraction of sp³-hybridized carbons (Fsp3) is 0.267. The van der Waals surface area contributed by atoms with Crippen LogP contribution in [0.15, 0.2) is 40.8 Å². The standard InChI is InChI=1S/C15H17NO2/c1-11(2)16-9-12-3-5-13(6-4-12)15-8-7-14(10-17)18-15/h3-8,10-11,16H,9H2,1-2H3. The molecule has 0 aliphatic heterocycles. The predicted octanol–water partition coefficient (Wildman–Crippen LogP) is 3.26. The van der Waals surface area contributed by atoms with Crippen molar-refractivity contribution in [2.24, 2.45) is 0 Å². The van der Waals surface area contributed by atoms with Crippen LogP contribution in [0.2, 0.25) is 0 Å². The lowest BCUT2D eigenvalue weighted by Gasteiger charge is -2.08. The van der Waals surface area contributed by atoms with Crippen molar-refractivity contribution in [2.75, 3.05) is 0 Å². The summed E-state index contributed by atoms with van der Waals surface area (Å²) in [4.78, 5) is 10.6. The van der Waals surface area contributed by atoms with Gasteiger partial charge in [-0.25, -0.2) is 0 Å². The van der Waals surface area contributed by atoms with Gasteiger partial charge in [0.15, 0.2) is 12.0 Å². The van der Waals surface area contributed by atoms with Crippen LogP contribution in [0.3, 0.4) is 0 Å². The van der Waals surface area contributed by atoms with E-state index in [2.05, 4.69) is 31.3 Å². The lowest BCUT2D eigenvalue weighted by molar-refractivity contribution is 0.110. The van der Waals surface area contributed by atoms with E-state index >= 15 is 0 Å². The molecule has 3 nitrogen and oxygen atoms in total. The molecule has 18 heavy (non-hydrogen) atoms. The number of hydrogen-bond donors (Lipinski definition) is 1. The first-order valence-electron chi connectivity index (χ1n) is 6.07. The van der Waals surface area contributed by atoms with Gasteiger partial charge in [-0.1, -0.05) is 38.1 Å². The molecule has 2 aromatic rings. The smallest absolute Gasteiger partial charge is 0.185 e. The second-order valence-electron chi connectivity index (χ2n) is 4.55. The van der Waals surface area contributed by atoms with E-state index in [-0.39, 0.29) is 0 Å². The van der Waals surface area contributed by atoms with Crippen molar-refractivity contribution in [2.45, 2.75) is 26.4 Å². The third-order valence-corrected chi connectivity index (χ3v) is 2.70. The highest BCUT2D eigenvalue weighted by molar-refractivity contribution is 5.72. The Morgan fingerprint density at radius 1 is 1.17 bits per heavy atom. The lowest BCUT2D eigenvalue weighted by Crippen LogP contribution is -2.21. The summed E-state index contributed by atoms with van der Waals surface area (Å²) >= 11 is 0. The number of furan rings is 1. The van der Waals surface area contributed by atoms with Gasteiger partial charge in [-0.15, -0.1) is 0 Å². The van der Waals surface area contributed by atoms with Crippen molar-refractivity contribution in [1.29, 1.82) is 0 Å². The molecule has 3 heteroatoms. The van der Waals surface area contributed by atoms with Gasteiger partial charge in [-0.2, -0.15) is 0 Å². The number of rotatable bonds is 5. The van der Waals surface area contributed by atoms with Gasteiger partial charge >= 0.3 is 0 Å². The normalized spacial score (nSPS) is 10.8. The fourth-order valence-corrected chi connectivity index (χ4v) is 1.68. The predicted molar refractivity (Wildman–Crippen MR) is 71.5 cm³/mol. The van der Waals surface area contributed by atoms with E-state index in [9.17, 15) is 4.79 Å². The van der Waals surface area contributed by atoms with Gasteiger partial charge < -0.3 is 9.73 Å².